The van der Waals surface area contributed by atoms with E-state index in [1.165, 1.54) is 0 Å². The van der Waals surface area contributed by atoms with Crippen LogP contribution in [0, 0.1) is 5.92 Å². The molecule has 2 atom stereocenters. The highest BCUT2D eigenvalue weighted by Crippen LogP contribution is 2.25. The quantitative estimate of drug-likeness (QED) is 0.704. The van der Waals surface area contributed by atoms with Gasteiger partial charge in [-0.05, 0) is 12.8 Å². The monoisotopic (exact) mass is 267 g/mol. The summed E-state index contributed by atoms with van der Waals surface area (Å²) in [6.45, 7) is 0.219. The molecule has 2 amide bonds. The number of carbonyl (C=O) groups excluding carboxylic acids is 1. The fourth-order valence-electron chi connectivity index (χ4n) is 2.27. The second-order valence-electron chi connectivity index (χ2n) is 4.64. The largest absolute Gasteiger partial charge is 0.481 e. The van der Waals surface area contributed by atoms with Gasteiger partial charge in [0.2, 0.25) is 0 Å². The van der Waals surface area contributed by atoms with Crippen LogP contribution >= 0.6 is 0 Å². The Morgan fingerprint density at radius 2 is 2.32 bits per heavy atom. The predicted molar refractivity (Wildman–Crippen MR) is 65.1 cm³/mol. The van der Waals surface area contributed by atoms with Crippen LogP contribution in [0.2, 0.25) is 0 Å². The highest BCUT2D eigenvalue weighted by molar-refractivity contribution is 5.76. The van der Waals surface area contributed by atoms with Crippen LogP contribution in [-0.4, -0.2) is 37.9 Å². The average molecular weight is 267 g/mol. The lowest BCUT2D eigenvalue weighted by Gasteiger charge is -2.17. The van der Waals surface area contributed by atoms with E-state index in [-0.39, 0.29) is 18.6 Å². The zero-order valence-corrected chi connectivity index (χ0v) is 10.7. The predicted octanol–water partition coefficient (Wildman–Crippen LogP) is -0.132. The standard InChI is InChI=1S/C11H17N5O3/c1-16-6-13-9(15-16)5-12-11(19)14-8-4-2-3-7(8)10(17)18/h6-8H,2-5H2,1H3,(H,17,18)(H2,12,14,19). The molecule has 104 valence electrons. The molecule has 2 unspecified atom stereocenters. The third kappa shape index (κ3) is 3.43. The van der Waals surface area contributed by atoms with Crippen LogP contribution in [0.1, 0.15) is 25.1 Å². The summed E-state index contributed by atoms with van der Waals surface area (Å²) in [7, 11) is 1.74. The van der Waals surface area contributed by atoms with Crippen LogP contribution in [0.25, 0.3) is 0 Å². The lowest BCUT2D eigenvalue weighted by Crippen LogP contribution is -2.45. The van der Waals surface area contributed by atoms with Gasteiger partial charge in [-0.1, -0.05) is 6.42 Å². The molecule has 0 saturated heterocycles. The van der Waals surface area contributed by atoms with Crippen molar-refractivity contribution in [2.45, 2.75) is 31.8 Å². The molecule has 3 N–H and O–H groups in total. The van der Waals surface area contributed by atoms with Crippen molar-refractivity contribution in [3.8, 4) is 0 Å². The number of nitrogens with zero attached hydrogens (tertiary/aromatic N) is 3. The highest BCUT2D eigenvalue weighted by Gasteiger charge is 2.33. The molecule has 0 aromatic carbocycles. The second kappa shape index (κ2) is 5.68. The molecule has 0 aliphatic heterocycles. The third-order valence-corrected chi connectivity index (χ3v) is 3.20. The van der Waals surface area contributed by atoms with Gasteiger partial charge >= 0.3 is 12.0 Å². The van der Waals surface area contributed by atoms with Gasteiger partial charge in [-0.3, -0.25) is 9.48 Å². The highest BCUT2D eigenvalue weighted by atomic mass is 16.4. The van der Waals surface area contributed by atoms with E-state index in [2.05, 4.69) is 20.7 Å². The van der Waals surface area contributed by atoms with E-state index < -0.39 is 11.9 Å². The van der Waals surface area contributed by atoms with Gasteiger partial charge in [0.15, 0.2) is 5.82 Å². The van der Waals surface area contributed by atoms with Crippen molar-refractivity contribution in [2.24, 2.45) is 13.0 Å². The lowest BCUT2D eigenvalue weighted by atomic mass is 10.0. The summed E-state index contributed by atoms with van der Waals surface area (Å²) in [4.78, 5) is 26.6. The van der Waals surface area contributed by atoms with Gasteiger partial charge in [0.25, 0.3) is 0 Å². The maximum Gasteiger partial charge on any atom is 0.315 e. The molecular weight excluding hydrogens is 250 g/mol. The molecule has 19 heavy (non-hydrogen) atoms. The van der Waals surface area contributed by atoms with Crippen LogP contribution in [-0.2, 0) is 18.4 Å². The Morgan fingerprint density at radius 3 is 2.95 bits per heavy atom. The molecular formula is C11H17N5O3. The van der Waals surface area contributed by atoms with E-state index in [0.717, 1.165) is 6.42 Å². The number of aliphatic carboxylic acids is 1. The van der Waals surface area contributed by atoms with Crippen LogP contribution in [0.4, 0.5) is 4.79 Å². The number of hydrogen-bond donors (Lipinski definition) is 3. The molecule has 1 fully saturated rings. The van der Waals surface area contributed by atoms with E-state index in [1.54, 1.807) is 18.1 Å². The molecule has 8 nitrogen and oxygen atoms in total. The molecule has 8 heteroatoms. The minimum absolute atomic E-state index is 0.219. The first-order valence-electron chi connectivity index (χ1n) is 6.18. The van der Waals surface area contributed by atoms with Gasteiger partial charge in [0, 0.05) is 13.1 Å². The molecule has 2 rings (SSSR count). The first-order chi connectivity index (χ1) is 9.06. The van der Waals surface area contributed by atoms with Gasteiger partial charge < -0.3 is 15.7 Å². The van der Waals surface area contributed by atoms with E-state index in [0.29, 0.717) is 18.7 Å². The first-order valence-corrected chi connectivity index (χ1v) is 6.18. The molecule has 1 aromatic rings. The van der Waals surface area contributed by atoms with Crippen molar-refractivity contribution in [3.63, 3.8) is 0 Å². The van der Waals surface area contributed by atoms with E-state index in [9.17, 15) is 9.59 Å². The first kappa shape index (κ1) is 13.3. The van der Waals surface area contributed by atoms with Crippen molar-refractivity contribution in [2.75, 3.05) is 0 Å². The Labute approximate surface area is 110 Å². The molecule has 0 radical (unpaired) electrons. The minimum atomic E-state index is -0.853. The summed E-state index contributed by atoms with van der Waals surface area (Å²) in [6.07, 6.45) is 3.68. The zero-order chi connectivity index (χ0) is 13.8. The molecule has 1 saturated carbocycles. The van der Waals surface area contributed by atoms with Crippen LogP contribution in [0.3, 0.4) is 0 Å². The number of carbonyl (C=O) groups is 2. The van der Waals surface area contributed by atoms with Crippen LogP contribution < -0.4 is 10.6 Å². The molecule has 1 heterocycles. The van der Waals surface area contributed by atoms with Crippen LogP contribution in [0.15, 0.2) is 6.33 Å². The Morgan fingerprint density at radius 1 is 1.53 bits per heavy atom. The number of carboxylic acids is 1. The van der Waals surface area contributed by atoms with Gasteiger partial charge in [0.05, 0.1) is 12.5 Å². The lowest BCUT2D eigenvalue weighted by molar-refractivity contribution is -0.142. The fraction of sp³-hybridized carbons (Fsp3) is 0.636. The smallest absolute Gasteiger partial charge is 0.315 e. The topological polar surface area (TPSA) is 109 Å². The number of hydrogen-bond acceptors (Lipinski definition) is 4. The second-order valence-corrected chi connectivity index (χ2v) is 4.64. The van der Waals surface area contributed by atoms with Crippen molar-refractivity contribution >= 4 is 12.0 Å². The van der Waals surface area contributed by atoms with Gasteiger partial charge in [-0.25, -0.2) is 9.78 Å². The summed E-state index contributed by atoms with van der Waals surface area (Å²) in [5.41, 5.74) is 0. The molecule has 1 aliphatic carbocycles. The van der Waals surface area contributed by atoms with Crippen molar-refractivity contribution in [1.82, 2.24) is 25.4 Å². The summed E-state index contributed by atoms with van der Waals surface area (Å²) in [5, 5.41) is 18.4. The number of carboxylic acid groups (broad SMARTS) is 1. The Bertz CT molecular complexity index is 473. The van der Waals surface area contributed by atoms with E-state index in [1.807, 2.05) is 0 Å². The number of nitrogens with one attached hydrogen (secondary N) is 2. The summed E-state index contributed by atoms with van der Waals surface area (Å²) < 4.78 is 1.55. The zero-order valence-electron chi connectivity index (χ0n) is 10.7. The van der Waals surface area contributed by atoms with Gasteiger partial charge in [-0.2, -0.15) is 5.10 Å². The normalized spacial score (nSPS) is 22.2. The number of aromatic nitrogens is 3. The van der Waals surface area contributed by atoms with Crippen molar-refractivity contribution in [1.29, 1.82) is 0 Å². The Hall–Kier alpha value is -2.12. The van der Waals surface area contributed by atoms with Gasteiger partial charge in [0.1, 0.15) is 6.33 Å². The maximum absolute atomic E-state index is 11.7. The molecule has 0 spiro atoms. The molecule has 1 aliphatic rings. The van der Waals surface area contributed by atoms with E-state index >= 15 is 0 Å². The average Bonchev–Trinajstić information content (AvgIpc) is 2.95. The fourth-order valence-corrected chi connectivity index (χ4v) is 2.27. The Kier molecular flexibility index (Phi) is 3.98. The summed E-state index contributed by atoms with van der Waals surface area (Å²) >= 11 is 0. The van der Waals surface area contributed by atoms with Crippen molar-refractivity contribution < 1.29 is 14.7 Å². The SMILES string of the molecule is Cn1cnc(CNC(=O)NC2CCCC2C(=O)O)n1. The van der Waals surface area contributed by atoms with Crippen LogP contribution in [0.5, 0.6) is 0 Å². The Balaban J connectivity index is 1.79. The number of amides is 2. The minimum Gasteiger partial charge on any atom is -0.481 e. The summed E-state index contributed by atoms with van der Waals surface area (Å²) in [5.74, 6) is -0.827. The number of aryl methyl sites for hydroxylation is 1. The molecule has 1 aromatic heterocycles. The van der Waals surface area contributed by atoms with Gasteiger partial charge in [-0.15, -0.1) is 0 Å². The van der Waals surface area contributed by atoms with Crippen molar-refractivity contribution in [3.05, 3.63) is 12.2 Å². The number of urea groups is 1. The maximum atomic E-state index is 11.7. The van der Waals surface area contributed by atoms with E-state index in [4.69, 9.17) is 5.11 Å². The summed E-state index contributed by atoms with van der Waals surface area (Å²) in [6, 6.07) is -0.681. The number of rotatable bonds is 4. The molecule has 0 bridgehead atoms. The third-order valence-electron chi connectivity index (χ3n) is 3.20.